The molecule has 1 heterocycles. The molecular weight excluding hydrogens is 287 g/mol. The van der Waals surface area contributed by atoms with E-state index in [-0.39, 0.29) is 11.5 Å². The number of aromatic nitrogens is 3. The number of non-ortho nitro benzene ring substituents is 1. The van der Waals surface area contributed by atoms with Crippen LogP contribution in [0, 0.1) is 15.9 Å². The van der Waals surface area contributed by atoms with Crippen LogP contribution in [0.3, 0.4) is 0 Å². The molecule has 0 radical (unpaired) electrons. The molecule has 6 nitrogen and oxygen atoms in total. The highest BCUT2D eigenvalue weighted by Gasteiger charge is 2.07. The zero-order valence-corrected chi connectivity index (χ0v) is 11.4. The van der Waals surface area contributed by atoms with E-state index in [9.17, 15) is 14.5 Å². The van der Waals surface area contributed by atoms with E-state index in [4.69, 9.17) is 0 Å². The largest absolute Gasteiger partial charge is 0.269 e. The zero-order chi connectivity index (χ0) is 15.5. The highest BCUT2D eigenvalue weighted by Crippen LogP contribution is 2.17. The van der Waals surface area contributed by atoms with Gasteiger partial charge in [0, 0.05) is 17.7 Å². The van der Waals surface area contributed by atoms with Crippen LogP contribution in [0.4, 0.5) is 10.1 Å². The van der Waals surface area contributed by atoms with Gasteiger partial charge in [-0.1, -0.05) is 17.3 Å². The van der Waals surface area contributed by atoms with Gasteiger partial charge in [-0.05, 0) is 29.8 Å². The SMILES string of the molecule is O=[N+]([O-])c1ccc(Cn2cc(-c3ccc(F)cc3)nn2)cc1. The minimum absolute atomic E-state index is 0.0503. The molecule has 0 N–H and O–H groups in total. The zero-order valence-electron chi connectivity index (χ0n) is 11.4. The molecule has 22 heavy (non-hydrogen) atoms. The van der Waals surface area contributed by atoms with Gasteiger partial charge in [-0.3, -0.25) is 10.1 Å². The topological polar surface area (TPSA) is 73.8 Å². The van der Waals surface area contributed by atoms with Crippen molar-refractivity contribution >= 4 is 5.69 Å². The van der Waals surface area contributed by atoms with E-state index in [0.29, 0.717) is 12.2 Å². The van der Waals surface area contributed by atoms with Crippen LogP contribution < -0.4 is 0 Å². The highest BCUT2D eigenvalue weighted by atomic mass is 19.1. The second-order valence-electron chi connectivity index (χ2n) is 4.73. The predicted molar refractivity (Wildman–Crippen MR) is 77.6 cm³/mol. The van der Waals surface area contributed by atoms with Gasteiger partial charge in [0.2, 0.25) is 0 Å². The maximum Gasteiger partial charge on any atom is 0.269 e. The van der Waals surface area contributed by atoms with Crippen LogP contribution in [0.5, 0.6) is 0 Å². The number of hydrogen-bond donors (Lipinski definition) is 0. The summed E-state index contributed by atoms with van der Waals surface area (Å²) in [7, 11) is 0. The van der Waals surface area contributed by atoms with Gasteiger partial charge in [0.15, 0.2) is 0 Å². The summed E-state index contributed by atoms with van der Waals surface area (Å²) in [6.45, 7) is 0.451. The summed E-state index contributed by atoms with van der Waals surface area (Å²) in [5, 5.41) is 18.7. The molecule has 0 spiro atoms. The number of benzene rings is 2. The summed E-state index contributed by atoms with van der Waals surface area (Å²) in [5.74, 6) is -0.304. The first-order valence-corrected chi connectivity index (χ1v) is 6.51. The normalized spacial score (nSPS) is 10.6. The molecule has 3 rings (SSSR count). The lowest BCUT2D eigenvalue weighted by Gasteiger charge is -2.00. The smallest absolute Gasteiger partial charge is 0.258 e. The maximum atomic E-state index is 12.9. The van der Waals surface area contributed by atoms with E-state index in [1.165, 1.54) is 24.3 Å². The summed E-state index contributed by atoms with van der Waals surface area (Å²) in [6.07, 6.45) is 1.74. The molecule has 0 aliphatic carbocycles. The van der Waals surface area contributed by atoms with E-state index in [1.807, 2.05) is 0 Å². The summed E-state index contributed by atoms with van der Waals surface area (Å²) in [4.78, 5) is 10.2. The lowest BCUT2D eigenvalue weighted by atomic mass is 10.2. The Hall–Kier alpha value is -3.09. The molecule has 3 aromatic rings. The lowest BCUT2D eigenvalue weighted by molar-refractivity contribution is -0.384. The Morgan fingerprint density at radius 2 is 1.77 bits per heavy atom. The fourth-order valence-corrected chi connectivity index (χ4v) is 2.04. The van der Waals surface area contributed by atoms with Crippen LogP contribution >= 0.6 is 0 Å². The average molecular weight is 298 g/mol. The van der Waals surface area contributed by atoms with Crippen molar-refractivity contribution in [2.45, 2.75) is 6.54 Å². The van der Waals surface area contributed by atoms with E-state index in [0.717, 1.165) is 11.1 Å². The number of hydrogen-bond acceptors (Lipinski definition) is 4. The van der Waals surface area contributed by atoms with Crippen LogP contribution in [0.15, 0.2) is 54.7 Å². The first-order valence-electron chi connectivity index (χ1n) is 6.51. The number of nitro groups is 1. The van der Waals surface area contributed by atoms with Crippen LogP contribution in [-0.2, 0) is 6.54 Å². The van der Waals surface area contributed by atoms with Crippen molar-refractivity contribution in [1.29, 1.82) is 0 Å². The summed E-state index contributed by atoms with van der Waals surface area (Å²) in [6, 6.07) is 12.3. The van der Waals surface area contributed by atoms with Gasteiger partial charge < -0.3 is 0 Å². The van der Waals surface area contributed by atoms with Gasteiger partial charge in [0.1, 0.15) is 11.5 Å². The Bertz CT molecular complexity index is 797. The minimum atomic E-state index is -0.439. The molecule has 0 saturated heterocycles. The summed E-state index contributed by atoms with van der Waals surface area (Å²) in [5.41, 5.74) is 2.34. The molecular formula is C15H11FN4O2. The summed E-state index contributed by atoms with van der Waals surface area (Å²) >= 11 is 0. The van der Waals surface area contributed by atoms with E-state index < -0.39 is 4.92 Å². The van der Waals surface area contributed by atoms with Crippen molar-refractivity contribution in [3.8, 4) is 11.3 Å². The first kappa shape index (κ1) is 13.9. The molecule has 0 aliphatic heterocycles. The molecule has 0 unspecified atom stereocenters. The molecule has 0 aliphatic rings. The molecule has 0 saturated carbocycles. The fourth-order valence-electron chi connectivity index (χ4n) is 2.04. The third-order valence-electron chi connectivity index (χ3n) is 3.17. The molecule has 1 aromatic heterocycles. The average Bonchev–Trinajstić information content (AvgIpc) is 2.97. The molecule has 0 amide bonds. The number of rotatable bonds is 4. The van der Waals surface area contributed by atoms with E-state index in [2.05, 4.69) is 10.3 Å². The maximum absolute atomic E-state index is 12.9. The Kier molecular flexibility index (Phi) is 3.61. The lowest BCUT2D eigenvalue weighted by Crippen LogP contribution is -2.00. The molecule has 0 fully saturated rings. The van der Waals surface area contributed by atoms with Crippen molar-refractivity contribution in [1.82, 2.24) is 15.0 Å². The van der Waals surface area contributed by atoms with Crippen molar-refractivity contribution in [2.24, 2.45) is 0 Å². The molecule has 110 valence electrons. The third-order valence-corrected chi connectivity index (χ3v) is 3.17. The van der Waals surface area contributed by atoms with Crippen LogP contribution in [0.2, 0.25) is 0 Å². The quantitative estimate of drug-likeness (QED) is 0.548. The molecule has 0 atom stereocenters. The monoisotopic (exact) mass is 298 g/mol. The van der Waals surface area contributed by atoms with Crippen molar-refractivity contribution in [3.05, 3.63) is 76.2 Å². The number of halogens is 1. The second kappa shape index (κ2) is 5.72. The van der Waals surface area contributed by atoms with Gasteiger partial charge in [0.05, 0.1) is 17.7 Å². The van der Waals surface area contributed by atoms with Gasteiger partial charge in [0.25, 0.3) is 5.69 Å². The number of nitro benzene ring substituents is 1. The highest BCUT2D eigenvalue weighted by molar-refractivity contribution is 5.57. The fraction of sp³-hybridized carbons (Fsp3) is 0.0667. The van der Waals surface area contributed by atoms with Crippen LogP contribution in [0.1, 0.15) is 5.56 Å². The van der Waals surface area contributed by atoms with Crippen molar-refractivity contribution in [2.75, 3.05) is 0 Å². The first-order chi connectivity index (χ1) is 10.6. The van der Waals surface area contributed by atoms with Gasteiger partial charge in [-0.25, -0.2) is 9.07 Å². The molecule has 0 bridgehead atoms. The molecule has 2 aromatic carbocycles. The van der Waals surface area contributed by atoms with Crippen LogP contribution in [-0.4, -0.2) is 19.9 Å². The van der Waals surface area contributed by atoms with E-state index in [1.54, 1.807) is 35.1 Å². The molecule has 7 heteroatoms. The van der Waals surface area contributed by atoms with Crippen molar-refractivity contribution < 1.29 is 9.31 Å². The van der Waals surface area contributed by atoms with Crippen LogP contribution in [0.25, 0.3) is 11.3 Å². The Balaban J connectivity index is 1.76. The Morgan fingerprint density at radius 3 is 2.41 bits per heavy atom. The van der Waals surface area contributed by atoms with Gasteiger partial charge >= 0.3 is 0 Å². The Morgan fingerprint density at radius 1 is 1.09 bits per heavy atom. The summed E-state index contributed by atoms with van der Waals surface area (Å²) < 4.78 is 14.5. The van der Waals surface area contributed by atoms with Crippen molar-refractivity contribution in [3.63, 3.8) is 0 Å². The van der Waals surface area contributed by atoms with Gasteiger partial charge in [-0.15, -0.1) is 5.10 Å². The van der Waals surface area contributed by atoms with Gasteiger partial charge in [-0.2, -0.15) is 0 Å². The predicted octanol–water partition coefficient (Wildman–Crippen LogP) is 3.04. The Labute approximate surface area is 125 Å². The third kappa shape index (κ3) is 2.98. The minimum Gasteiger partial charge on any atom is -0.258 e. The number of nitrogens with zero attached hydrogens (tertiary/aromatic N) is 4. The van der Waals surface area contributed by atoms with E-state index >= 15 is 0 Å². The standard InChI is InChI=1S/C15H11FN4O2/c16-13-5-3-12(4-6-13)15-10-19(18-17-15)9-11-1-7-14(8-2-11)20(21)22/h1-8,10H,9H2. The second-order valence-corrected chi connectivity index (χ2v) is 4.73.